The number of aromatic nitrogens is 1. The van der Waals surface area contributed by atoms with Crippen LogP contribution in [0.5, 0.6) is 0 Å². The molecule has 0 fully saturated rings. The molecular formula is C19H33NP+. The van der Waals surface area contributed by atoms with Gasteiger partial charge >= 0.3 is 0 Å². The molecular weight excluding hydrogens is 273 g/mol. The van der Waals surface area contributed by atoms with Crippen LogP contribution in [0, 0.1) is 0 Å². The van der Waals surface area contributed by atoms with E-state index in [2.05, 4.69) is 49.8 Å². The van der Waals surface area contributed by atoms with Gasteiger partial charge in [0.2, 0.25) is 0 Å². The van der Waals surface area contributed by atoms with Gasteiger partial charge in [-0.3, -0.25) is 4.98 Å². The van der Waals surface area contributed by atoms with E-state index in [1.165, 1.54) is 57.0 Å². The van der Waals surface area contributed by atoms with E-state index in [1.54, 1.807) is 0 Å². The van der Waals surface area contributed by atoms with Gasteiger partial charge in [0.25, 0.3) is 0 Å². The Balaban J connectivity index is 2.86. The van der Waals surface area contributed by atoms with Crippen LogP contribution in [0.25, 0.3) is 6.08 Å². The molecule has 0 aliphatic carbocycles. The van der Waals surface area contributed by atoms with Crippen LogP contribution < -0.4 is 0 Å². The minimum absolute atomic E-state index is 0.932. The summed E-state index contributed by atoms with van der Waals surface area (Å²) in [5.41, 5.74) is 1.12. The van der Waals surface area contributed by atoms with E-state index < -0.39 is 7.26 Å². The van der Waals surface area contributed by atoms with Gasteiger partial charge in [-0.1, -0.05) is 46.1 Å². The van der Waals surface area contributed by atoms with E-state index in [1.807, 2.05) is 12.3 Å². The maximum Gasteiger partial charge on any atom is 0.0662 e. The summed E-state index contributed by atoms with van der Waals surface area (Å²) in [5, 5.41) is 0. The summed E-state index contributed by atoms with van der Waals surface area (Å²) in [6, 6.07) is 6.19. The van der Waals surface area contributed by atoms with Crippen LogP contribution in [-0.4, -0.2) is 23.5 Å². The van der Waals surface area contributed by atoms with Gasteiger partial charge in [-0.25, -0.2) is 0 Å². The van der Waals surface area contributed by atoms with Crippen molar-refractivity contribution in [2.75, 3.05) is 18.5 Å². The van der Waals surface area contributed by atoms with Crippen molar-refractivity contribution in [3.63, 3.8) is 0 Å². The van der Waals surface area contributed by atoms with Crippen LogP contribution in [-0.2, 0) is 0 Å². The molecule has 0 radical (unpaired) electrons. The highest BCUT2D eigenvalue weighted by Gasteiger charge is 2.32. The van der Waals surface area contributed by atoms with Crippen molar-refractivity contribution in [3.05, 3.63) is 35.9 Å². The number of nitrogens with zero attached hydrogens (tertiary/aromatic N) is 1. The first kappa shape index (κ1) is 18.4. The summed E-state index contributed by atoms with van der Waals surface area (Å²) in [5.74, 6) is 2.59. The molecule has 1 nitrogen and oxygen atoms in total. The second-order valence-corrected chi connectivity index (χ2v) is 10.1. The zero-order chi connectivity index (χ0) is 15.4. The molecule has 0 unspecified atom stereocenters. The Kier molecular flexibility index (Phi) is 9.59. The van der Waals surface area contributed by atoms with Gasteiger partial charge in [0.15, 0.2) is 0 Å². The van der Waals surface area contributed by atoms with Gasteiger partial charge in [-0.2, -0.15) is 0 Å². The zero-order valence-electron chi connectivity index (χ0n) is 14.2. The lowest BCUT2D eigenvalue weighted by molar-refractivity contribution is 0.840. The van der Waals surface area contributed by atoms with Crippen molar-refractivity contribution < 1.29 is 0 Å². The third-order valence-electron chi connectivity index (χ3n) is 4.12. The quantitative estimate of drug-likeness (QED) is 0.427. The van der Waals surface area contributed by atoms with E-state index in [9.17, 15) is 0 Å². The zero-order valence-corrected chi connectivity index (χ0v) is 15.1. The van der Waals surface area contributed by atoms with Crippen molar-refractivity contribution in [1.29, 1.82) is 0 Å². The molecule has 0 N–H and O–H groups in total. The molecule has 1 rings (SSSR count). The molecule has 0 saturated heterocycles. The molecule has 1 aromatic rings. The summed E-state index contributed by atoms with van der Waals surface area (Å²) in [4.78, 5) is 4.45. The van der Waals surface area contributed by atoms with E-state index in [0.29, 0.717) is 0 Å². The van der Waals surface area contributed by atoms with Crippen LogP contribution in [0.2, 0.25) is 0 Å². The van der Waals surface area contributed by atoms with Crippen molar-refractivity contribution in [1.82, 2.24) is 4.98 Å². The Labute approximate surface area is 132 Å². The third kappa shape index (κ3) is 7.23. The van der Waals surface area contributed by atoms with E-state index in [-0.39, 0.29) is 0 Å². The van der Waals surface area contributed by atoms with Crippen molar-refractivity contribution >= 4 is 13.3 Å². The Hall–Kier alpha value is -0.680. The van der Waals surface area contributed by atoms with Gasteiger partial charge in [-0.05, 0) is 37.5 Å². The van der Waals surface area contributed by atoms with Crippen molar-refractivity contribution in [2.24, 2.45) is 0 Å². The van der Waals surface area contributed by atoms with Crippen molar-refractivity contribution in [2.45, 2.75) is 59.3 Å². The number of pyridine rings is 1. The predicted molar refractivity (Wildman–Crippen MR) is 99.5 cm³/mol. The molecule has 1 aromatic heterocycles. The van der Waals surface area contributed by atoms with Crippen LogP contribution in [0.4, 0.5) is 0 Å². The van der Waals surface area contributed by atoms with Crippen LogP contribution in [0.15, 0.2) is 30.2 Å². The molecule has 0 bridgehead atoms. The fourth-order valence-electron chi connectivity index (χ4n) is 2.69. The average molecular weight is 306 g/mol. The normalized spacial score (nSPS) is 12.1. The van der Waals surface area contributed by atoms with Crippen LogP contribution in [0.1, 0.15) is 65.0 Å². The van der Waals surface area contributed by atoms with E-state index >= 15 is 0 Å². The third-order valence-corrected chi connectivity index (χ3v) is 8.52. The maximum absolute atomic E-state index is 4.45. The Bertz CT molecular complexity index is 364. The largest absolute Gasteiger partial charge is 0.257 e. The van der Waals surface area contributed by atoms with E-state index in [4.69, 9.17) is 0 Å². The molecule has 118 valence electrons. The smallest absolute Gasteiger partial charge is 0.0662 e. The summed E-state index contributed by atoms with van der Waals surface area (Å²) < 4.78 is 0. The van der Waals surface area contributed by atoms with Gasteiger partial charge in [0, 0.05) is 13.5 Å². The fraction of sp³-hybridized carbons (Fsp3) is 0.632. The van der Waals surface area contributed by atoms with Crippen molar-refractivity contribution in [3.8, 4) is 0 Å². The number of unbranched alkanes of at least 4 members (excludes halogenated alkanes) is 3. The molecule has 0 atom stereocenters. The number of hydrogen-bond donors (Lipinski definition) is 0. The molecule has 21 heavy (non-hydrogen) atoms. The Morgan fingerprint density at radius 3 is 1.90 bits per heavy atom. The van der Waals surface area contributed by atoms with Crippen LogP contribution in [0.3, 0.4) is 0 Å². The maximum atomic E-state index is 4.45. The lowest BCUT2D eigenvalue weighted by Crippen LogP contribution is -2.06. The summed E-state index contributed by atoms with van der Waals surface area (Å²) in [7, 11) is -0.932. The standard InChI is InChI=1S/C19H33NP/c1-4-7-15-21(16-8-5-2,17-9-6-3)18-13-19-12-10-11-14-20-19/h10-14,18H,4-9,15-17H2,1-3H3/q+1/b18-13+. The van der Waals surface area contributed by atoms with E-state index in [0.717, 1.165) is 5.69 Å². The van der Waals surface area contributed by atoms with Crippen LogP contribution >= 0.6 is 7.26 Å². The molecule has 1 heterocycles. The predicted octanol–water partition coefficient (Wildman–Crippen LogP) is 6.47. The second kappa shape index (κ2) is 11.0. The minimum atomic E-state index is -0.932. The monoisotopic (exact) mass is 306 g/mol. The highest BCUT2D eigenvalue weighted by molar-refractivity contribution is 7.78. The minimum Gasteiger partial charge on any atom is -0.257 e. The first-order chi connectivity index (χ1) is 10.3. The number of rotatable bonds is 11. The molecule has 0 aromatic carbocycles. The lowest BCUT2D eigenvalue weighted by atomic mass is 10.3. The average Bonchev–Trinajstić information content (AvgIpc) is 2.54. The molecule has 2 heteroatoms. The highest BCUT2D eigenvalue weighted by atomic mass is 31.2. The molecule has 0 aliphatic rings. The Morgan fingerprint density at radius 1 is 0.905 bits per heavy atom. The van der Waals surface area contributed by atoms with Gasteiger partial charge in [0.1, 0.15) is 0 Å². The highest BCUT2D eigenvalue weighted by Crippen LogP contribution is 2.62. The molecule has 0 amide bonds. The topological polar surface area (TPSA) is 12.9 Å². The summed E-state index contributed by atoms with van der Waals surface area (Å²) >= 11 is 0. The SMILES string of the molecule is CCCC[P+](/C=C/c1ccccn1)(CCCC)CCCC. The molecule has 0 saturated carbocycles. The lowest BCUT2D eigenvalue weighted by Gasteiger charge is -2.24. The first-order valence-corrected chi connectivity index (χ1v) is 11.1. The molecule has 0 aliphatic heterocycles. The summed E-state index contributed by atoms with van der Waals surface area (Å²) in [6.45, 7) is 6.95. The second-order valence-electron chi connectivity index (χ2n) is 6.02. The first-order valence-electron chi connectivity index (χ1n) is 8.72. The Morgan fingerprint density at radius 2 is 1.48 bits per heavy atom. The van der Waals surface area contributed by atoms with Gasteiger partial charge in [-0.15, -0.1) is 0 Å². The molecule has 0 spiro atoms. The fourth-order valence-corrected chi connectivity index (χ4v) is 7.11. The number of hydrogen-bond acceptors (Lipinski definition) is 1. The van der Waals surface area contributed by atoms with Gasteiger partial charge < -0.3 is 0 Å². The van der Waals surface area contributed by atoms with Gasteiger partial charge in [0.05, 0.1) is 30.0 Å². The summed E-state index contributed by atoms with van der Waals surface area (Å²) in [6.07, 6.45) is 16.6.